The number of hydrogen-bond donors (Lipinski definition) is 1. The number of carbonyl (C=O) groups is 2. The molecular weight excluding hydrogens is 340 g/mol. The molecule has 0 spiro atoms. The summed E-state index contributed by atoms with van der Waals surface area (Å²) < 4.78 is 5.54. The lowest BCUT2D eigenvalue weighted by atomic mass is 10.1. The van der Waals surface area contributed by atoms with E-state index in [1.54, 1.807) is 29.2 Å². The van der Waals surface area contributed by atoms with Crippen molar-refractivity contribution in [1.82, 2.24) is 4.90 Å². The van der Waals surface area contributed by atoms with Crippen LogP contribution in [0, 0.1) is 0 Å². The lowest BCUT2D eigenvalue weighted by Gasteiger charge is -2.25. The summed E-state index contributed by atoms with van der Waals surface area (Å²) in [5, 5.41) is 0.357. The van der Waals surface area contributed by atoms with Gasteiger partial charge in [-0.05, 0) is 32.0 Å². The Labute approximate surface area is 152 Å². The summed E-state index contributed by atoms with van der Waals surface area (Å²) in [4.78, 5) is 26.9. The largest absolute Gasteiger partial charge is 0.444 e. The standard InChI is InChI=1S/C19H21ClN2O3/c1-3-22(4-2)18(23)17(13-8-6-5-7-9-13)25-19(24)14-10-11-15(20)16(21)12-14/h5-12,17H,3-4,21H2,1-2H3/t17-/m1/s1. The Morgan fingerprint density at radius 2 is 1.76 bits per heavy atom. The Hall–Kier alpha value is -2.53. The fraction of sp³-hybridized carbons (Fsp3) is 0.263. The van der Waals surface area contributed by atoms with Crippen LogP contribution in [0.25, 0.3) is 0 Å². The quantitative estimate of drug-likeness (QED) is 0.630. The van der Waals surface area contributed by atoms with Gasteiger partial charge in [0.1, 0.15) is 0 Å². The fourth-order valence-corrected chi connectivity index (χ4v) is 2.55. The minimum atomic E-state index is -1.01. The number of likely N-dealkylation sites (N-methyl/N-ethyl adjacent to an activating group) is 1. The highest BCUT2D eigenvalue weighted by atomic mass is 35.5. The summed E-state index contributed by atoms with van der Waals surface area (Å²) in [5.41, 5.74) is 6.88. The van der Waals surface area contributed by atoms with E-state index < -0.39 is 12.1 Å². The predicted molar refractivity (Wildman–Crippen MR) is 98.4 cm³/mol. The van der Waals surface area contributed by atoms with Crippen LogP contribution < -0.4 is 5.73 Å². The Morgan fingerprint density at radius 3 is 2.32 bits per heavy atom. The number of nitrogens with two attached hydrogens (primary N) is 1. The number of benzene rings is 2. The number of halogens is 1. The third-order valence-corrected chi connectivity index (χ3v) is 4.20. The monoisotopic (exact) mass is 360 g/mol. The van der Waals surface area contributed by atoms with Crippen molar-refractivity contribution in [2.45, 2.75) is 20.0 Å². The van der Waals surface area contributed by atoms with Gasteiger partial charge >= 0.3 is 5.97 Å². The number of anilines is 1. The number of ether oxygens (including phenoxy) is 1. The molecule has 2 aromatic rings. The smallest absolute Gasteiger partial charge is 0.339 e. The lowest BCUT2D eigenvalue weighted by Crippen LogP contribution is -2.36. The minimum absolute atomic E-state index is 0.246. The van der Waals surface area contributed by atoms with Gasteiger partial charge in [-0.25, -0.2) is 4.79 Å². The minimum Gasteiger partial charge on any atom is -0.444 e. The maximum Gasteiger partial charge on any atom is 0.339 e. The Kier molecular flexibility index (Phi) is 6.42. The Balaban J connectivity index is 2.31. The number of amides is 1. The van der Waals surface area contributed by atoms with Gasteiger partial charge in [0.25, 0.3) is 5.91 Å². The van der Waals surface area contributed by atoms with Crippen LogP contribution in [-0.2, 0) is 9.53 Å². The third-order valence-electron chi connectivity index (χ3n) is 3.86. The highest BCUT2D eigenvalue weighted by Crippen LogP contribution is 2.24. The van der Waals surface area contributed by atoms with Crippen LogP contribution in [0.5, 0.6) is 0 Å². The van der Waals surface area contributed by atoms with Crippen LogP contribution in [0.15, 0.2) is 48.5 Å². The Bertz CT molecular complexity index is 746. The molecule has 132 valence electrons. The van der Waals surface area contributed by atoms with Crippen LogP contribution in [0.1, 0.15) is 35.9 Å². The average molecular weight is 361 g/mol. The highest BCUT2D eigenvalue weighted by Gasteiger charge is 2.28. The molecule has 0 saturated heterocycles. The van der Waals surface area contributed by atoms with Crippen LogP contribution in [-0.4, -0.2) is 29.9 Å². The van der Waals surface area contributed by atoms with Gasteiger partial charge in [0, 0.05) is 18.7 Å². The summed E-state index contributed by atoms with van der Waals surface area (Å²) in [6, 6.07) is 13.4. The van der Waals surface area contributed by atoms with Crippen molar-refractivity contribution >= 4 is 29.2 Å². The second-order valence-electron chi connectivity index (χ2n) is 5.44. The number of nitrogens with zero attached hydrogens (tertiary/aromatic N) is 1. The van der Waals surface area contributed by atoms with E-state index in [1.165, 1.54) is 18.2 Å². The number of esters is 1. The van der Waals surface area contributed by atoms with Crippen molar-refractivity contribution < 1.29 is 14.3 Å². The molecule has 0 aliphatic rings. The molecule has 0 heterocycles. The molecule has 0 unspecified atom stereocenters. The summed E-state index contributed by atoms with van der Waals surface area (Å²) in [6.07, 6.45) is -1.01. The van der Waals surface area contributed by atoms with Crippen LogP contribution >= 0.6 is 11.6 Å². The first-order valence-electron chi connectivity index (χ1n) is 8.07. The van der Waals surface area contributed by atoms with Gasteiger partial charge in [-0.15, -0.1) is 0 Å². The van der Waals surface area contributed by atoms with E-state index in [4.69, 9.17) is 22.1 Å². The summed E-state index contributed by atoms with van der Waals surface area (Å²) >= 11 is 5.88. The van der Waals surface area contributed by atoms with E-state index in [2.05, 4.69) is 0 Å². The molecule has 5 nitrogen and oxygen atoms in total. The molecule has 6 heteroatoms. The van der Waals surface area contributed by atoms with E-state index in [-0.39, 0.29) is 17.2 Å². The summed E-state index contributed by atoms with van der Waals surface area (Å²) in [6.45, 7) is 4.82. The van der Waals surface area contributed by atoms with Gasteiger partial charge in [0.05, 0.1) is 16.3 Å². The Morgan fingerprint density at radius 1 is 1.12 bits per heavy atom. The van der Waals surface area contributed by atoms with Crippen LogP contribution in [0.4, 0.5) is 5.69 Å². The SMILES string of the molecule is CCN(CC)C(=O)[C@H](OC(=O)c1ccc(Cl)c(N)c1)c1ccccc1. The van der Waals surface area contributed by atoms with Crippen LogP contribution in [0.2, 0.25) is 5.02 Å². The zero-order chi connectivity index (χ0) is 18.4. The molecule has 0 aliphatic heterocycles. The normalized spacial score (nSPS) is 11.6. The first kappa shape index (κ1) is 18.8. The van der Waals surface area contributed by atoms with Crippen molar-refractivity contribution in [1.29, 1.82) is 0 Å². The number of hydrogen-bond acceptors (Lipinski definition) is 4. The molecule has 0 fully saturated rings. The van der Waals surface area contributed by atoms with E-state index in [0.717, 1.165) is 0 Å². The molecular formula is C19H21ClN2O3. The molecule has 2 aromatic carbocycles. The first-order valence-corrected chi connectivity index (χ1v) is 8.45. The molecule has 0 saturated carbocycles. The van der Waals surface area contributed by atoms with E-state index in [1.807, 2.05) is 19.9 Å². The average Bonchev–Trinajstić information content (AvgIpc) is 2.63. The lowest BCUT2D eigenvalue weighted by molar-refractivity contribution is -0.140. The van der Waals surface area contributed by atoms with Crippen LogP contribution in [0.3, 0.4) is 0 Å². The fourth-order valence-electron chi connectivity index (χ4n) is 2.44. The molecule has 1 amide bonds. The van der Waals surface area contributed by atoms with Crippen molar-refractivity contribution in [3.05, 3.63) is 64.7 Å². The molecule has 2 N–H and O–H groups in total. The third kappa shape index (κ3) is 4.51. The van der Waals surface area contributed by atoms with Crippen molar-refractivity contribution in [2.75, 3.05) is 18.8 Å². The van der Waals surface area contributed by atoms with Gasteiger partial charge in [-0.2, -0.15) is 0 Å². The zero-order valence-electron chi connectivity index (χ0n) is 14.2. The highest BCUT2D eigenvalue weighted by molar-refractivity contribution is 6.33. The summed E-state index contributed by atoms with van der Waals surface area (Å²) in [7, 11) is 0. The van der Waals surface area contributed by atoms with E-state index in [0.29, 0.717) is 23.7 Å². The molecule has 0 aromatic heterocycles. The molecule has 1 atom stereocenters. The second-order valence-corrected chi connectivity index (χ2v) is 5.85. The number of carbonyl (C=O) groups excluding carboxylic acids is 2. The van der Waals surface area contributed by atoms with Gasteiger partial charge in [0.2, 0.25) is 6.10 Å². The van der Waals surface area contributed by atoms with Gasteiger partial charge in [0.15, 0.2) is 0 Å². The van der Waals surface area contributed by atoms with Gasteiger partial charge in [-0.1, -0.05) is 41.9 Å². The summed E-state index contributed by atoms with van der Waals surface area (Å²) in [5.74, 6) is -0.885. The number of rotatable bonds is 6. The predicted octanol–water partition coefficient (Wildman–Crippen LogP) is 3.69. The van der Waals surface area contributed by atoms with Crippen molar-refractivity contribution in [2.24, 2.45) is 0 Å². The number of nitrogen functional groups attached to an aromatic ring is 1. The molecule has 0 aliphatic carbocycles. The molecule has 0 bridgehead atoms. The van der Waals surface area contributed by atoms with E-state index in [9.17, 15) is 9.59 Å². The topological polar surface area (TPSA) is 72.6 Å². The first-order chi connectivity index (χ1) is 12.0. The van der Waals surface area contributed by atoms with E-state index >= 15 is 0 Å². The maximum absolute atomic E-state index is 12.8. The zero-order valence-corrected chi connectivity index (χ0v) is 15.0. The maximum atomic E-state index is 12.8. The second kappa shape index (κ2) is 8.53. The van der Waals surface area contributed by atoms with Crippen molar-refractivity contribution in [3.8, 4) is 0 Å². The van der Waals surface area contributed by atoms with Gasteiger partial charge < -0.3 is 15.4 Å². The molecule has 0 radical (unpaired) electrons. The molecule has 25 heavy (non-hydrogen) atoms. The molecule has 2 rings (SSSR count). The van der Waals surface area contributed by atoms with Crippen molar-refractivity contribution in [3.63, 3.8) is 0 Å². The van der Waals surface area contributed by atoms with Gasteiger partial charge in [-0.3, -0.25) is 4.79 Å².